The van der Waals surface area contributed by atoms with Gasteiger partial charge in [-0.2, -0.15) is 0 Å². The van der Waals surface area contributed by atoms with E-state index in [-0.39, 0.29) is 0 Å². The SMILES string of the molecule is CCCOc1ccc(C=CC(=O)O)c(OCC(C)CC)c1. The lowest BCUT2D eigenvalue weighted by Gasteiger charge is -2.14. The van der Waals surface area contributed by atoms with Crippen molar-refractivity contribution in [2.24, 2.45) is 5.92 Å². The highest BCUT2D eigenvalue weighted by Crippen LogP contribution is 2.27. The predicted molar refractivity (Wildman–Crippen MR) is 83.8 cm³/mol. The first kappa shape index (κ1) is 17.1. The van der Waals surface area contributed by atoms with Crippen molar-refractivity contribution < 1.29 is 19.4 Å². The molecule has 1 rings (SSSR count). The number of carbonyl (C=O) groups is 1. The van der Waals surface area contributed by atoms with Crippen LogP contribution in [0.5, 0.6) is 11.5 Å². The molecule has 1 aromatic rings. The second kappa shape index (κ2) is 9.06. The third-order valence-electron chi connectivity index (χ3n) is 3.08. The molecule has 0 bridgehead atoms. The smallest absolute Gasteiger partial charge is 0.328 e. The number of rotatable bonds is 9. The molecule has 4 nitrogen and oxygen atoms in total. The van der Waals surface area contributed by atoms with Crippen LogP contribution in [0.2, 0.25) is 0 Å². The van der Waals surface area contributed by atoms with Gasteiger partial charge in [-0.1, -0.05) is 27.2 Å². The molecule has 0 aliphatic carbocycles. The van der Waals surface area contributed by atoms with Crippen LogP contribution in [0.4, 0.5) is 0 Å². The van der Waals surface area contributed by atoms with Gasteiger partial charge in [0.1, 0.15) is 11.5 Å². The van der Waals surface area contributed by atoms with Crippen LogP contribution in [0.25, 0.3) is 6.08 Å². The van der Waals surface area contributed by atoms with E-state index in [4.69, 9.17) is 14.6 Å². The summed E-state index contributed by atoms with van der Waals surface area (Å²) < 4.78 is 11.4. The monoisotopic (exact) mass is 292 g/mol. The molecular formula is C17H24O4. The highest BCUT2D eigenvalue weighted by molar-refractivity contribution is 5.86. The average molecular weight is 292 g/mol. The standard InChI is InChI=1S/C17H24O4/c1-4-10-20-15-8-6-14(7-9-17(18)19)16(11-15)21-12-13(3)5-2/h6-9,11,13H,4-5,10,12H2,1-3H3,(H,18,19). The largest absolute Gasteiger partial charge is 0.493 e. The molecule has 1 atom stereocenters. The molecule has 0 aliphatic heterocycles. The Balaban J connectivity index is 2.91. The fourth-order valence-electron chi connectivity index (χ4n) is 1.60. The topological polar surface area (TPSA) is 55.8 Å². The summed E-state index contributed by atoms with van der Waals surface area (Å²) in [5.41, 5.74) is 0.740. The molecule has 4 heteroatoms. The van der Waals surface area contributed by atoms with Crippen LogP contribution >= 0.6 is 0 Å². The Labute approximate surface area is 126 Å². The third kappa shape index (κ3) is 6.34. The molecule has 0 radical (unpaired) electrons. The summed E-state index contributed by atoms with van der Waals surface area (Å²) in [6.07, 6.45) is 4.62. The van der Waals surface area contributed by atoms with Crippen LogP contribution in [0.3, 0.4) is 0 Å². The lowest BCUT2D eigenvalue weighted by Crippen LogP contribution is -2.08. The van der Waals surface area contributed by atoms with Crippen molar-refractivity contribution in [3.05, 3.63) is 29.8 Å². The normalized spacial score (nSPS) is 12.3. The van der Waals surface area contributed by atoms with E-state index in [0.717, 1.165) is 30.2 Å². The molecule has 0 aliphatic rings. The Morgan fingerprint density at radius 2 is 2.10 bits per heavy atom. The van der Waals surface area contributed by atoms with Gasteiger partial charge in [-0.25, -0.2) is 4.79 Å². The van der Waals surface area contributed by atoms with E-state index in [9.17, 15) is 4.79 Å². The summed E-state index contributed by atoms with van der Waals surface area (Å²) in [5.74, 6) is 0.862. The van der Waals surface area contributed by atoms with Gasteiger partial charge in [0.2, 0.25) is 0 Å². The first-order chi connectivity index (χ1) is 10.1. The summed E-state index contributed by atoms with van der Waals surface area (Å²) in [4.78, 5) is 10.7. The molecule has 0 amide bonds. The minimum Gasteiger partial charge on any atom is -0.493 e. The van der Waals surface area contributed by atoms with E-state index in [1.807, 2.05) is 25.1 Å². The van der Waals surface area contributed by atoms with Gasteiger partial charge in [0.25, 0.3) is 0 Å². The Kier molecular flexibility index (Phi) is 7.37. The molecule has 0 spiro atoms. The quantitative estimate of drug-likeness (QED) is 0.699. The van der Waals surface area contributed by atoms with E-state index in [1.165, 1.54) is 6.08 Å². The summed E-state index contributed by atoms with van der Waals surface area (Å²) >= 11 is 0. The third-order valence-corrected chi connectivity index (χ3v) is 3.08. The van der Waals surface area contributed by atoms with Crippen molar-refractivity contribution in [3.63, 3.8) is 0 Å². The van der Waals surface area contributed by atoms with Crippen molar-refractivity contribution in [2.45, 2.75) is 33.6 Å². The molecule has 0 aromatic heterocycles. The van der Waals surface area contributed by atoms with Gasteiger partial charge in [-0.3, -0.25) is 0 Å². The van der Waals surface area contributed by atoms with E-state index < -0.39 is 5.97 Å². The van der Waals surface area contributed by atoms with Crippen molar-refractivity contribution in [1.29, 1.82) is 0 Å². The summed E-state index contributed by atoms with van der Waals surface area (Å²) in [7, 11) is 0. The van der Waals surface area contributed by atoms with Crippen LogP contribution in [0.1, 0.15) is 39.2 Å². The molecule has 0 heterocycles. The first-order valence-corrected chi connectivity index (χ1v) is 7.37. The maximum Gasteiger partial charge on any atom is 0.328 e. The van der Waals surface area contributed by atoms with Crippen molar-refractivity contribution in [2.75, 3.05) is 13.2 Å². The molecule has 0 saturated carbocycles. The van der Waals surface area contributed by atoms with Crippen molar-refractivity contribution in [1.82, 2.24) is 0 Å². The van der Waals surface area contributed by atoms with Crippen LogP contribution in [-0.4, -0.2) is 24.3 Å². The van der Waals surface area contributed by atoms with E-state index in [0.29, 0.717) is 24.9 Å². The van der Waals surface area contributed by atoms with Crippen LogP contribution < -0.4 is 9.47 Å². The molecule has 116 valence electrons. The van der Waals surface area contributed by atoms with Crippen LogP contribution in [-0.2, 0) is 4.79 Å². The molecule has 1 N–H and O–H groups in total. The Hall–Kier alpha value is -1.97. The summed E-state index contributed by atoms with van der Waals surface area (Å²) in [6, 6.07) is 5.46. The number of hydrogen-bond donors (Lipinski definition) is 1. The minimum atomic E-state index is -0.978. The fourth-order valence-corrected chi connectivity index (χ4v) is 1.60. The molecule has 0 fully saturated rings. The maximum atomic E-state index is 10.7. The van der Waals surface area contributed by atoms with Gasteiger partial charge in [-0.15, -0.1) is 0 Å². The number of aliphatic carboxylic acids is 1. The molecule has 1 unspecified atom stereocenters. The number of carboxylic acid groups (broad SMARTS) is 1. The highest BCUT2D eigenvalue weighted by atomic mass is 16.5. The predicted octanol–water partition coefficient (Wildman–Crippen LogP) is 4.00. The second-order valence-electron chi connectivity index (χ2n) is 5.04. The highest BCUT2D eigenvalue weighted by Gasteiger charge is 2.07. The lowest BCUT2D eigenvalue weighted by atomic mass is 10.1. The lowest BCUT2D eigenvalue weighted by molar-refractivity contribution is -0.131. The molecule has 0 saturated heterocycles. The van der Waals surface area contributed by atoms with Crippen LogP contribution in [0.15, 0.2) is 24.3 Å². The maximum absolute atomic E-state index is 10.7. The second-order valence-corrected chi connectivity index (χ2v) is 5.04. The van der Waals surface area contributed by atoms with Gasteiger partial charge >= 0.3 is 5.97 Å². The van der Waals surface area contributed by atoms with Gasteiger partial charge in [0.05, 0.1) is 13.2 Å². The van der Waals surface area contributed by atoms with Gasteiger partial charge in [0.15, 0.2) is 0 Å². The van der Waals surface area contributed by atoms with Gasteiger partial charge in [-0.05, 0) is 30.5 Å². The van der Waals surface area contributed by atoms with Crippen molar-refractivity contribution in [3.8, 4) is 11.5 Å². The Morgan fingerprint density at radius 1 is 1.33 bits per heavy atom. The van der Waals surface area contributed by atoms with E-state index in [1.54, 1.807) is 0 Å². The zero-order chi connectivity index (χ0) is 15.7. The van der Waals surface area contributed by atoms with Gasteiger partial charge in [0, 0.05) is 17.7 Å². The molecular weight excluding hydrogens is 268 g/mol. The fraction of sp³-hybridized carbons (Fsp3) is 0.471. The number of hydrogen-bond acceptors (Lipinski definition) is 3. The zero-order valence-electron chi connectivity index (χ0n) is 13.0. The Morgan fingerprint density at radius 3 is 2.71 bits per heavy atom. The Bertz CT molecular complexity index is 480. The zero-order valence-corrected chi connectivity index (χ0v) is 13.0. The average Bonchev–Trinajstić information content (AvgIpc) is 2.49. The van der Waals surface area contributed by atoms with Crippen molar-refractivity contribution >= 4 is 12.0 Å². The van der Waals surface area contributed by atoms with E-state index in [2.05, 4.69) is 13.8 Å². The molecule has 1 aromatic carbocycles. The van der Waals surface area contributed by atoms with Crippen LogP contribution in [0, 0.1) is 5.92 Å². The minimum absolute atomic E-state index is 0.446. The number of benzene rings is 1. The summed E-state index contributed by atoms with van der Waals surface area (Å²) in [5, 5.41) is 8.74. The van der Waals surface area contributed by atoms with Gasteiger partial charge < -0.3 is 14.6 Å². The van der Waals surface area contributed by atoms with E-state index >= 15 is 0 Å². The number of carboxylic acids is 1. The summed E-state index contributed by atoms with van der Waals surface area (Å²) in [6.45, 7) is 7.52. The number of ether oxygens (including phenoxy) is 2. The molecule has 21 heavy (non-hydrogen) atoms. The first-order valence-electron chi connectivity index (χ1n) is 7.37.